The van der Waals surface area contributed by atoms with Gasteiger partial charge in [-0.1, -0.05) is 0 Å². The van der Waals surface area contributed by atoms with E-state index in [0.717, 1.165) is 0 Å². The van der Waals surface area contributed by atoms with Crippen molar-refractivity contribution < 1.29 is 14.3 Å². The maximum absolute atomic E-state index is 11.7. The summed E-state index contributed by atoms with van der Waals surface area (Å²) in [6.45, 7) is 3.47. The molecule has 0 amide bonds. The minimum Gasteiger partial charge on any atom is -0.462 e. The number of ether oxygens (including phenoxy) is 1. The average Bonchev–Trinajstić information content (AvgIpc) is 2.37. The predicted molar refractivity (Wildman–Crippen MR) is 66.8 cm³/mol. The number of benzene rings is 1. The van der Waals surface area contributed by atoms with Crippen molar-refractivity contribution in [3.63, 3.8) is 0 Å². The van der Waals surface area contributed by atoms with Crippen molar-refractivity contribution >= 4 is 23.4 Å². The second-order valence-electron chi connectivity index (χ2n) is 3.57. The van der Waals surface area contributed by atoms with Crippen LogP contribution in [-0.4, -0.2) is 23.7 Å². The van der Waals surface area contributed by atoms with Crippen LogP contribution in [0.15, 0.2) is 18.2 Å². The summed E-state index contributed by atoms with van der Waals surface area (Å²) in [6, 6.07) is 6.09. The molecule has 4 nitrogen and oxygen atoms in total. The van der Waals surface area contributed by atoms with Crippen LogP contribution in [0.5, 0.6) is 0 Å². The van der Waals surface area contributed by atoms with Gasteiger partial charge in [0.25, 0.3) is 0 Å². The fourth-order valence-corrected chi connectivity index (χ4v) is 1.52. The molecule has 0 aliphatic heterocycles. The van der Waals surface area contributed by atoms with E-state index in [2.05, 4.69) is 0 Å². The Labute approximate surface area is 110 Å². The third-order valence-electron chi connectivity index (χ3n) is 2.28. The molecular weight excluding hydrogens is 254 g/mol. The Balaban J connectivity index is 3.17. The van der Waals surface area contributed by atoms with E-state index in [9.17, 15) is 9.59 Å². The van der Waals surface area contributed by atoms with Gasteiger partial charge in [0.15, 0.2) is 5.78 Å². The van der Waals surface area contributed by atoms with Crippen molar-refractivity contribution in [3.05, 3.63) is 34.9 Å². The van der Waals surface area contributed by atoms with Gasteiger partial charge in [0.1, 0.15) is 0 Å². The molecule has 0 aromatic heterocycles. The molecular formula is C13H12ClNO3. The standard InChI is InChI=1S/C13H12ClNO3/c1-3-18-13(17)9-4-5-11(10(6-9)7-15)12(16)8(2)14/h4-6,8H,3H2,1-2H3. The molecule has 5 heteroatoms. The molecule has 0 saturated heterocycles. The van der Waals surface area contributed by atoms with Crippen molar-refractivity contribution in [2.24, 2.45) is 0 Å². The SMILES string of the molecule is CCOC(=O)c1ccc(C(=O)C(C)Cl)c(C#N)c1. The molecule has 1 rings (SSSR count). The van der Waals surface area contributed by atoms with E-state index in [1.807, 2.05) is 6.07 Å². The number of esters is 1. The summed E-state index contributed by atoms with van der Waals surface area (Å²) < 4.78 is 4.82. The first-order valence-corrected chi connectivity index (χ1v) is 5.84. The molecule has 1 atom stereocenters. The summed E-state index contributed by atoms with van der Waals surface area (Å²) in [6.07, 6.45) is 0. The van der Waals surface area contributed by atoms with Crippen molar-refractivity contribution in [3.8, 4) is 6.07 Å². The molecule has 0 fully saturated rings. The lowest BCUT2D eigenvalue weighted by Gasteiger charge is -2.07. The predicted octanol–water partition coefficient (Wildman–Crippen LogP) is 2.54. The Bertz CT molecular complexity index is 517. The highest BCUT2D eigenvalue weighted by atomic mass is 35.5. The monoisotopic (exact) mass is 265 g/mol. The van der Waals surface area contributed by atoms with Gasteiger partial charge in [-0.15, -0.1) is 11.6 Å². The minimum absolute atomic E-state index is 0.123. The van der Waals surface area contributed by atoms with Crippen molar-refractivity contribution in [1.82, 2.24) is 0 Å². The Morgan fingerprint density at radius 1 is 1.50 bits per heavy atom. The minimum atomic E-state index is -0.717. The van der Waals surface area contributed by atoms with E-state index in [0.29, 0.717) is 0 Å². The maximum atomic E-state index is 11.7. The summed E-state index contributed by atoms with van der Waals surface area (Å²) >= 11 is 5.69. The molecule has 18 heavy (non-hydrogen) atoms. The molecule has 0 aliphatic carbocycles. The number of alkyl halides is 1. The number of hydrogen-bond acceptors (Lipinski definition) is 4. The summed E-state index contributed by atoms with van der Waals surface area (Å²) in [7, 11) is 0. The number of nitrogens with zero attached hydrogens (tertiary/aromatic N) is 1. The van der Waals surface area contributed by atoms with Gasteiger partial charge in [0.2, 0.25) is 0 Å². The highest BCUT2D eigenvalue weighted by Crippen LogP contribution is 2.16. The van der Waals surface area contributed by atoms with Gasteiger partial charge in [0, 0.05) is 5.56 Å². The summed E-state index contributed by atoms with van der Waals surface area (Å²) in [5, 5.41) is 8.27. The number of hydrogen-bond donors (Lipinski definition) is 0. The largest absolute Gasteiger partial charge is 0.462 e. The Kier molecular flexibility index (Phi) is 4.87. The number of rotatable bonds is 4. The molecule has 94 valence electrons. The fourth-order valence-electron chi connectivity index (χ4n) is 1.41. The van der Waals surface area contributed by atoms with E-state index in [1.165, 1.54) is 25.1 Å². The van der Waals surface area contributed by atoms with Gasteiger partial charge >= 0.3 is 5.97 Å². The maximum Gasteiger partial charge on any atom is 0.338 e. The van der Waals surface area contributed by atoms with Crippen LogP contribution in [0.2, 0.25) is 0 Å². The van der Waals surface area contributed by atoms with E-state index in [-0.39, 0.29) is 29.1 Å². The van der Waals surface area contributed by atoms with E-state index < -0.39 is 11.3 Å². The molecule has 1 unspecified atom stereocenters. The van der Waals surface area contributed by atoms with Crippen molar-refractivity contribution in [2.75, 3.05) is 6.61 Å². The van der Waals surface area contributed by atoms with Crippen LogP contribution < -0.4 is 0 Å². The zero-order chi connectivity index (χ0) is 13.7. The molecule has 0 aliphatic rings. The first kappa shape index (κ1) is 14.2. The van der Waals surface area contributed by atoms with Crippen molar-refractivity contribution in [2.45, 2.75) is 19.2 Å². The quantitative estimate of drug-likeness (QED) is 0.477. The fraction of sp³-hybridized carbons (Fsp3) is 0.308. The van der Waals surface area contributed by atoms with Gasteiger partial charge in [-0.2, -0.15) is 5.26 Å². The van der Waals surface area contributed by atoms with Crippen LogP contribution in [0.4, 0.5) is 0 Å². The number of nitriles is 1. The number of carbonyl (C=O) groups excluding carboxylic acids is 2. The summed E-state index contributed by atoms with van der Waals surface area (Å²) in [5.74, 6) is -0.865. The lowest BCUT2D eigenvalue weighted by atomic mass is 10.00. The van der Waals surface area contributed by atoms with Gasteiger partial charge in [-0.3, -0.25) is 4.79 Å². The normalized spacial score (nSPS) is 11.4. The zero-order valence-corrected chi connectivity index (χ0v) is 10.8. The van der Waals surface area contributed by atoms with Crippen molar-refractivity contribution in [1.29, 1.82) is 5.26 Å². The molecule has 0 radical (unpaired) electrons. The summed E-state index contributed by atoms with van der Waals surface area (Å²) in [4.78, 5) is 23.2. The zero-order valence-electron chi connectivity index (χ0n) is 10.1. The van der Waals surface area contributed by atoms with Crippen LogP contribution in [0, 0.1) is 11.3 Å². The van der Waals surface area contributed by atoms with Gasteiger partial charge in [0.05, 0.1) is 29.2 Å². The molecule has 0 heterocycles. The van der Waals surface area contributed by atoms with Crippen LogP contribution in [-0.2, 0) is 4.74 Å². The van der Waals surface area contributed by atoms with Gasteiger partial charge < -0.3 is 4.74 Å². The molecule has 0 spiro atoms. The van der Waals surface area contributed by atoms with Crippen LogP contribution in [0.1, 0.15) is 40.1 Å². The smallest absolute Gasteiger partial charge is 0.338 e. The number of ketones is 1. The Hall–Kier alpha value is -1.86. The first-order chi connectivity index (χ1) is 8.51. The number of carbonyl (C=O) groups is 2. The topological polar surface area (TPSA) is 67.2 Å². The highest BCUT2D eigenvalue weighted by Gasteiger charge is 2.18. The second-order valence-corrected chi connectivity index (χ2v) is 4.23. The second kappa shape index (κ2) is 6.18. The molecule has 0 N–H and O–H groups in total. The Morgan fingerprint density at radius 2 is 2.17 bits per heavy atom. The average molecular weight is 266 g/mol. The van der Waals surface area contributed by atoms with E-state index in [4.69, 9.17) is 21.6 Å². The number of halogens is 1. The lowest BCUT2D eigenvalue weighted by molar-refractivity contribution is 0.0526. The van der Waals surface area contributed by atoms with Gasteiger partial charge in [-0.05, 0) is 32.0 Å². The van der Waals surface area contributed by atoms with Gasteiger partial charge in [-0.25, -0.2) is 4.79 Å². The van der Waals surface area contributed by atoms with E-state index >= 15 is 0 Å². The van der Waals surface area contributed by atoms with Crippen LogP contribution in [0.3, 0.4) is 0 Å². The molecule has 1 aromatic carbocycles. The number of Topliss-reactive ketones (excluding diaryl/α,β-unsaturated/α-hetero) is 1. The lowest BCUT2D eigenvalue weighted by Crippen LogP contribution is -2.13. The molecule has 0 bridgehead atoms. The summed E-state index contributed by atoms with van der Waals surface area (Å²) in [5.41, 5.74) is 0.582. The molecule has 0 saturated carbocycles. The highest BCUT2D eigenvalue weighted by molar-refractivity contribution is 6.33. The van der Waals surface area contributed by atoms with E-state index in [1.54, 1.807) is 6.92 Å². The third kappa shape index (κ3) is 3.08. The molecule has 1 aromatic rings. The first-order valence-electron chi connectivity index (χ1n) is 5.40. The van der Waals surface area contributed by atoms with Crippen LogP contribution >= 0.6 is 11.6 Å². The van der Waals surface area contributed by atoms with Crippen LogP contribution in [0.25, 0.3) is 0 Å². The Morgan fingerprint density at radius 3 is 2.67 bits per heavy atom. The third-order valence-corrected chi connectivity index (χ3v) is 2.48.